The van der Waals surface area contributed by atoms with Crippen LogP contribution in [0.2, 0.25) is 0 Å². The first-order valence-corrected chi connectivity index (χ1v) is 10.9. The van der Waals surface area contributed by atoms with Crippen molar-refractivity contribution in [3.63, 3.8) is 0 Å². The van der Waals surface area contributed by atoms with Crippen LogP contribution in [0.3, 0.4) is 0 Å². The molecule has 9 nitrogen and oxygen atoms in total. The molecular weight excluding hydrogens is 430 g/mol. The molecule has 0 radical (unpaired) electrons. The molecule has 3 aromatic rings. The van der Waals surface area contributed by atoms with Gasteiger partial charge in [0, 0.05) is 12.1 Å². The van der Waals surface area contributed by atoms with Gasteiger partial charge >= 0.3 is 6.09 Å². The van der Waals surface area contributed by atoms with E-state index in [1.54, 1.807) is 23.4 Å². The zero-order chi connectivity index (χ0) is 22.2. The van der Waals surface area contributed by atoms with E-state index < -0.39 is 16.7 Å². The lowest BCUT2D eigenvalue weighted by atomic mass is 9.90. The monoisotopic (exact) mass is 447 g/mol. The van der Waals surface area contributed by atoms with Gasteiger partial charge in [0.25, 0.3) is 11.1 Å². The summed E-state index contributed by atoms with van der Waals surface area (Å²) in [4.78, 5) is 47.0. The number of carbonyl (C=O) groups excluding carboxylic acids is 3. The first kappa shape index (κ1) is 19.1. The topological polar surface area (TPSA) is 106 Å². The van der Waals surface area contributed by atoms with Crippen molar-refractivity contribution in [2.24, 2.45) is 0 Å². The molecule has 10 heteroatoms. The van der Waals surface area contributed by atoms with Gasteiger partial charge in [-0.05, 0) is 61.9 Å². The Hall–Kier alpha value is -3.66. The van der Waals surface area contributed by atoms with Crippen LogP contribution in [-0.4, -0.2) is 38.3 Å². The van der Waals surface area contributed by atoms with Crippen molar-refractivity contribution in [2.45, 2.75) is 25.9 Å². The molecule has 0 saturated carbocycles. The highest BCUT2D eigenvalue weighted by atomic mass is 32.2. The van der Waals surface area contributed by atoms with Gasteiger partial charge < -0.3 is 4.74 Å². The van der Waals surface area contributed by atoms with Crippen LogP contribution in [0.5, 0.6) is 0 Å². The standard InChI is InChI=1S/C22H17N5O4S/c1-22(2)16-14(6-3-11-7-8-26(17(11)16)21(30)31-22)27-10-23-13-5-4-12(24-18(13)27)9-15-19(28)25-20(29)32-15/h3-6,9-10H,7-8H2,1-2H3,(H,25,28,29)/b15-9-. The molecule has 3 aliphatic heterocycles. The molecular formula is C22H17N5O4S. The molecule has 0 spiro atoms. The number of carbonyl (C=O) groups is 3. The number of ether oxygens (including phenoxy) is 1. The predicted molar refractivity (Wildman–Crippen MR) is 119 cm³/mol. The highest BCUT2D eigenvalue weighted by Gasteiger charge is 2.44. The minimum atomic E-state index is -0.826. The summed E-state index contributed by atoms with van der Waals surface area (Å²) in [7, 11) is 0. The van der Waals surface area contributed by atoms with Crippen molar-refractivity contribution in [1.29, 1.82) is 0 Å². The maximum atomic E-state index is 12.5. The van der Waals surface area contributed by atoms with Crippen LogP contribution in [0.25, 0.3) is 22.9 Å². The predicted octanol–water partition coefficient (Wildman–Crippen LogP) is 3.49. The summed E-state index contributed by atoms with van der Waals surface area (Å²) in [5.74, 6) is -0.429. The number of hydrogen-bond donors (Lipinski definition) is 1. The lowest BCUT2D eigenvalue weighted by Gasteiger charge is -2.38. The minimum absolute atomic E-state index is 0.296. The second-order valence-corrected chi connectivity index (χ2v) is 9.31. The summed E-state index contributed by atoms with van der Waals surface area (Å²) in [5.41, 5.74) is 4.75. The molecule has 0 atom stereocenters. The Labute approximate surface area is 186 Å². The molecule has 0 unspecified atom stereocenters. The van der Waals surface area contributed by atoms with Crippen molar-refractivity contribution in [1.82, 2.24) is 19.9 Å². The highest BCUT2D eigenvalue weighted by Crippen LogP contribution is 2.47. The number of hydrogen-bond acceptors (Lipinski definition) is 7. The Morgan fingerprint density at radius 3 is 2.81 bits per heavy atom. The normalized spacial score (nSPS) is 20.1. The summed E-state index contributed by atoms with van der Waals surface area (Å²) in [6.45, 7) is 4.36. The molecule has 3 aliphatic rings. The number of aromatic nitrogens is 3. The number of rotatable bonds is 2. The second-order valence-electron chi connectivity index (χ2n) is 8.29. The Morgan fingerprint density at radius 2 is 2.03 bits per heavy atom. The summed E-state index contributed by atoms with van der Waals surface area (Å²) in [5, 5.41) is 1.85. The van der Waals surface area contributed by atoms with Crippen molar-refractivity contribution in [2.75, 3.05) is 11.4 Å². The number of cyclic esters (lactones) is 1. The van der Waals surface area contributed by atoms with Crippen molar-refractivity contribution in [3.8, 4) is 5.69 Å². The average Bonchev–Trinajstić information content (AvgIpc) is 3.42. The third-order valence-corrected chi connectivity index (χ3v) is 6.69. The third-order valence-electron chi connectivity index (χ3n) is 5.88. The molecule has 1 saturated heterocycles. The summed E-state index contributed by atoms with van der Waals surface area (Å²) < 4.78 is 7.64. The number of imide groups is 1. The number of imidazole rings is 1. The third kappa shape index (κ3) is 2.69. The quantitative estimate of drug-likeness (QED) is 0.599. The number of benzene rings is 1. The van der Waals surface area contributed by atoms with Gasteiger partial charge in [0.1, 0.15) is 17.4 Å². The summed E-state index contributed by atoms with van der Waals surface area (Å²) >= 11 is 0.849. The Balaban J connectivity index is 1.53. The SMILES string of the molecule is CC1(C)OC(=O)N2CCc3ccc(-n4cnc5ccc(/C=C6\SC(=O)NC6=O)nc54)c1c32. The number of nitrogens with one attached hydrogen (secondary N) is 1. The van der Waals surface area contributed by atoms with Crippen LogP contribution in [0.15, 0.2) is 35.5 Å². The first-order valence-electron chi connectivity index (χ1n) is 10.1. The number of nitrogens with zero attached hydrogens (tertiary/aromatic N) is 4. The smallest absolute Gasteiger partial charge is 0.415 e. The molecule has 0 bridgehead atoms. The average molecular weight is 447 g/mol. The number of thioether (sulfide) groups is 1. The van der Waals surface area contributed by atoms with E-state index in [4.69, 9.17) is 9.72 Å². The van der Waals surface area contributed by atoms with Crippen molar-refractivity contribution in [3.05, 3.63) is 52.3 Å². The Bertz CT molecular complexity index is 1410. The van der Waals surface area contributed by atoms with Crippen LogP contribution in [0.4, 0.5) is 15.3 Å². The number of fused-ring (bicyclic) bond motifs is 1. The molecule has 2 aromatic heterocycles. The van der Waals surface area contributed by atoms with E-state index in [-0.39, 0.29) is 6.09 Å². The maximum Gasteiger partial charge on any atom is 0.415 e. The fourth-order valence-electron chi connectivity index (χ4n) is 4.50. The maximum absolute atomic E-state index is 12.5. The van der Waals surface area contributed by atoms with E-state index in [1.807, 2.05) is 36.6 Å². The molecule has 1 N–H and O–H groups in total. The van der Waals surface area contributed by atoms with E-state index in [1.165, 1.54) is 0 Å². The Morgan fingerprint density at radius 1 is 1.19 bits per heavy atom. The number of anilines is 1. The van der Waals surface area contributed by atoms with Gasteiger partial charge in [0.05, 0.1) is 22.0 Å². The molecule has 3 amide bonds. The minimum Gasteiger partial charge on any atom is -0.438 e. The van der Waals surface area contributed by atoms with Crippen molar-refractivity contribution >= 4 is 51.9 Å². The van der Waals surface area contributed by atoms with Gasteiger partial charge in [-0.15, -0.1) is 0 Å². The summed E-state index contributed by atoms with van der Waals surface area (Å²) in [6.07, 6.45) is 3.73. The van der Waals surface area contributed by atoms with Gasteiger partial charge in [0.15, 0.2) is 5.65 Å². The van der Waals surface area contributed by atoms with Gasteiger partial charge in [-0.2, -0.15) is 0 Å². The van der Waals surface area contributed by atoms with Crippen molar-refractivity contribution < 1.29 is 19.1 Å². The highest BCUT2D eigenvalue weighted by molar-refractivity contribution is 8.18. The molecule has 6 rings (SSSR count). The molecule has 1 fully saturated rings. The van der Waals surface area contributed by atoms with Crippen LogP contribution in [0.1, 0.15) is 30.7 Å². The van der Waals surface area contributed by atoms with Crippen LogP contribution >= 0.6 is 11.8 Å². The fraction of sp³-hybridized carbons (Fsp3) is 0.227. The summed E-state index contributed by atoms with van der Waals surface area (Å²) in [6, 6.07) is 7.61. The number of amides is 3. The molecule has 160 valence electrons. The van der Waals surface area contributed by atoms with E-state index in [0.29, 0.717) is 28.3 Å². The van der Waals surface area contributed by atoms with Crippen LogP contribution < -0.4 is 10.2 Å². The van der Waals surface area contributed by atoms with E-state index in [2.05, 4.69) is 10.3 Å². The van der Waals surface area contributed by atoms with E-state index in [9.17, 15) is 14.4 Å². The molecule has 0 aliphatic carbocycles. The molecule has 32 heavy (non-hydrogen) atoms. The Kier molecular flexibility index (Phi) is 3.83. The van der Waals surface area contributed by atoms with E-state index >= 15 is 0 Å². The second kappa shape index (κ2) is 6.42. The fourth-order valence-corrected chi connectivity index (χ4v) is 5.17. The van der Waals surface area contributed by atoms with E-state index in [0.717, 1.165) is 40.7 Å². The number of pyridine rings is 1. The molecule has 5 heterocycles. The lowest BCUT2D eigenvalue weighted by Crippen LogP contribution is -2.42. The van der Waals surface area contributed by atoms with Gasteiger partial charge in [-0.3, -0.25) is 24.4 Å². The van der Waals surface area contributed by atoms with Gasteiger partial charge in [-0.1, -0.05) is 6.07 Å². The lowest BCUT2D eigenvalue weighted by molar-refractivity contribution is -0.115. The molecule has 1 aromatic carbocycles. The van der Waals surface area contributed by atoms with Crippen LogP contribution in [-0.2, 0) is 21.6 Å². The van der Waals surface area contributed by atoms with Crippen LogP contribution in [0, 0.1) is 0 Å². The van der Waals surface area contributed by atoms with Gasteiger partial charge in [0.2, 0.25) is 0 Å². The first-order chi connectivity index (χ1) is 15.3. The largest absolute Gasteiger partial charge is 0.438 e. The van der Waals surface area contributed by atoms with Gasteiger partial charge in [-0.25, -0.2) is 14.8 Å². The zero-order valence-corrected chi connectivity index (χ0v) is 18.0. The zero-order valence-electron chi connectivity index (χ0n) is 17.2.